The molecule has 2 N–H and O–H groups in total. The second-order valence-electron chi connectivity index (χ2n) is 6.78. The summed E-state index contributed by atoms with van der Waals surface area (Å²) in [6.45, 7) is 3.53. The van der Waals surface area contributed by atoms with E-state index in [2.05, 4.69) is 15.6 Å². The summed E-state index contributed by atoms with van der Waals surface area (Å²) in [6, 6.07) is 9.76. The van der Waals surface area contributed by atoms with Crippen molar-refractivity contribution >= 4 is 29.0 Å². The minimum atomic E-state index is -0.0964. The predicted octanol–water partition coefficient (Wildman–Crippen LogP) is 3.62. The molecule has 2 heterocycles. The predicted molar refractivity (Wildman–Crippen MR) is 101 cm³/mol. The lowest BCUT2D eigenvalue weighted by Crippen LogP contribution is -2.13. The van der Waals surface area contributed by atoms with E-state index in [1.807, 2.05) is 54.0 Å². The lowest BCUT2D eigenvalue weighted by atomic mass is 10.0. The summed E-state index contributed by atoms with van der Waals surface area (Å²) in [5.41, 5.74) is 4.70. The minimum Gasteiger partial charge on any atom is -0.326 e. The first-order valence-corrected chi connectivity index (χ1v) is 8.68. The molecule has 2 aromatic heterocycles. The van der Waals surface area contributed by atoms with Crippen LogP contribution in [0.4, 0.5) is 11.5 Å². The van der Waals surface area contributed by atoms with Crippen LogP contribution in [0.15, 0.2) is 42.7 Å². The van der Waals surface area contributed by atoms with Crippen molar-refractivity contribution in [3.05, 3.63) is 48.3 Å². The molecule has 1 aromatic carbocycles. The van der Waals surface area contributed by atoms with Crippen molar-refractivity contribution in [1.82, 2.24) is 9.38 Å². The van der Waals surface area contributed by atoms with Crippen LogP contribution in [0.3, 0.4) is 0 Å². The molecule has 0 saturated heterocycles. The van der Waals surface area contributed by atoms with Crippen molar-refractivity contribution in [2.24, 2.45) is 5.92 Å². The Morgan fingerprint density at radius 2 is 1.92 bits per heavy atom. The van der Waals surface area contributed by atoms with E-state index < -0.39 is 0 Å². The number of aromatic nitrogens is 2. The second-order valence-corrected chi connectivity index (χ2v) is 6.78. The summed E-state index contributed by atoms with van der Waals surface area (Å²) in [7, 11) is 0. The van der Waals surface area contributed by atoms with Gasteiger partial charge >= 0.3 is 0 Å². The highest BCUT2D eigenvalue weighted by molar-refractivity contribution is 5.93. The number of rotatable bonds is 4. The van der Waals surface area contributed by atoms with Gasteiger partial charge in [0.2, 0.25) is 11.8 Å². The van der Waals surface area contributed by atoms with Crippen molar-refractivity contribution in [2.45, 2.75) is 26.7 Å². The minimum absolute atomic E-state index is 0.0486. The lowest BCUT2D eigenvalue weighted by Gasteiger charge is -2.10. The van der Waals surface area contributed by atoms with Gasteiger partial charge in [-0.25, -0.2) is 4.98 Å². The Morgan fingerprint density at radius 1 is 1.12 bits per heavy atom. The molecule has 26 heavy (non-hydrogen) atoms. The number of pyridine rings is 1. The molecule has 132 valence electrons. The number of aryl methyl sites for hydroxylation is 1. The van der Waals surface area contributed by atoms with Gasteiger partial charge in [-0.3, -0.25) is 9.59 Å². The molecular weight excluding hydrogens is 328 g/mol. The first-order chi connectivity index (χ1) is 12.5. The van der Waals surface area contributed by atoms with Crippen molar-refractivity contribution < 1.29 is 9.59 Å². The molecule has 0 atom stereocenters. The maximum absolute atomic E-state index is 11.9. The van der Waals surface area contributed by atoms with Crippen LogP contribution < -0.4 is 10.6 Å². The molecule has 1 saturated carbocycles. The molecule has 1 aliphatic rings. The molecule has 4 rings (SSSR count). The van der Waals surface area contributed by atoms with Gasteiger partial charge in [0.1, 0.15) is 5.65 Å². The average Bonchev–Trinajstić information content (AvgIpc) is 3.36. The Bertz CT molecular complexity index is 1020. The van der Waals surface area contributed by atoms with Crippen LogP contribution in [-0.2, 0) is 9.59 Å². The normalized spacial score (nSPS) is 13.6. The van der Waals surface area contributed by atoms with Crippen molar-refractivity contribution in [1.29, 1.82) is 0 Å². The molecule has 1 aliphatic carbocycles. The number of imidazole rings is 1. The SMILES string of the molecule is CC(=O)Nc1ccc(C)c(-c2ccc3nc(NC(=O)C4CC4)cn3c2)c1. The lowest BCUT2D eigenvalue weighted by molar-refractivity contribution is -0.117. The molecule has 3 aromatic rings. The number of nitrogens with zero attached hydrogens (tertiary/aromatic N) is 2. The largest absolute Gasteiger partial charge is 0.326 e. The summed E-state index contributed by atoms with van der Waals surface area (Å²) < 4.78 is 1.91. The van der Waals surface area contributed by atoms with E-state index in [1.165, 1.54) is 6.92 Å². The highest BCUT2D eigenvalue weighted by atomic mass is 16.2. The van der Waals surface area contributed by atoms with E-state index in [-0.39, 0.29) is 17.7 Å². The number of benzene rings is 1. The van der Waals surface area contributed by atoms with Crippen LogP contribution in [0.5, 0.6) is 0 Å². The highest BCUT2D eigenvalue weighted by Crippen LogP contribution is 2.30. The first kappa shape index (κ1) is 16.3. The third-order valence-corrected chi connectivity index (χ3v) is 4.52. The van der Waals surface area contributed by atoms with Crippen molar-refractivity contribution in [2.75, 3.05) is 10.6 Å². The molecule has 6 heteroatoms. The van der Waals surface area contributed by atoms with Gasteiger partial charge in [0.05, 0.1) is 6.20 Å². The van der Waals surface area contributed by atoms with E-state index >= 15 is 0 Å². The van der Waals surface area contributed by atoms with Crippen LogP contribution in [0, 0.1) is 12.8 Å². The molecule has 1 fully saturated rings. The van der Waals surface area contributed by atoms with Crippen LogP contribution in [0.2, 0.25) is 0 Å². The zero-order valence-corrected chi connectivity index (χ0v) is 14.7. The number of nitrogens with one attached hydrogen (secondary N) is 2. The fourth-order valence-electron chi connectivity index (χ4n) is 3.00. The first-order valence-electron chi connectivity index (χ1n) is 8.68. The van der Waals surface area contributed by atoms with Crippen LogP contribution in [0.25, 0.3) is 16.8 Å². The standard InChI is InChI=1S/C20H20N4O2/c1-12-3-7-16(21-13(2)25)9-17(12)15-6-8-19-22-18(11-24(19)10-15)23-20(26)14-4-5-14/h3,6-11,14H,4-5H2,1-2H3,(H,21,25)(H,23,26). The summed E-state index contributed by atoms with van der Waals surface area (Å²) in [5.74, 6) is 0.672. The number of carbonyl (C=O) groups is 2. The van der Waals surface area contributed by atoms with E-state index in [0.29, 0.717) is 5.82 Å². The molecule has 0 spiro atoms. The quantitative estimate of drug-likeness (QED) is 0.756. The van der Waals surface area contributed by atoms with Gasteiger partial charge in [0.15, 0.2) is 5.82 Å². The van der Waals surface area contributed by atoms with Gasteiger partial charge in [0, 0.05) is 24.7 Å². The fraction of sp³-hybridized carbons (Fsp3) is 0.250. The maximum atomic E-state index is 11.9. The van der Waals surface area contributed by atoms with E-state index in [0.717, 1.165) is 40.9 Å². The maximum Gasteiger partial charge on any atom is 0.228 e. The second kappa shape index (κ2) is 6.29. The van der Waals surface area contributed by atoms with Crippen LogP contribution >= 0.6 is 0 Å². The smallest absolute Gasteiger partial charge is 0.228 e. The van der Waals surface area contributed by atoms with Crippen LogP contribution in [-0.4, -0.2) is 21.2 Å². The third-order valence-electron chi connectivity index (χ3n) is 4.52. The van der Waals surface area contributed by atoms with Gasteiger partial charge in [-0.1, -0.05) is 6.07 Å². The summed E-state index contributed by atoms with van der Waals surface area (Å²) in [6.07, 6.45) is 5.74. The summed E-state index contributed by atoms with van der Waals surface area (Å²) in [5, 5.41) is 5.69. The van der Waals surface area contributed by atoms with E-state index in [4.69, 9.17) is 0 Å². The average molecular weight is 348 g/mol. The highest BCUT2D eigenvalue weighted by Gasteiger charge is 2.29. The Kier molecular flexibility index (Phi) is 3.95. The number of hydrogen-bond donors (Lipinski definition) is 2. The summed E-state index contributed by atoms with van der Waals surface area (Å²) in [4.78, 5) is 27.7. The number of amides is 2. The van der Waals surface area contributed by atoms with E-state index in [9.17, 15) is 9.59 Å². The van der Waals surface area contributed by atoms with Gasteiger partial charge in [-0.15, -0.1) is 0 Å². The topological polar surface area (TPSA) is 75.5 Å². The zero-order chi connectivity index (χ0) is 18.3. The van der Waals surface area contributed by atoms with Gasteiger partial charge in [-0.2, -0.15) is 0 Å². The molecule has 0 radical (unpaired) electrons. The molecule has 2 amide bonds. The van der Waals surface area contributed by atoms with Gasteiger partial charge in [0.25, 0.3) is 0 Å². The summed E-state index contributed by atoms with van der Waals surface area (Å²) >= 11 is 0. The Hall–Kier alpha value is -3.15. The molecule has 6 nitrogen and oxygen atoms in total. The number of fused-ring (bicyclic) bond motifs is 1. The number of hydrogen-bond acceptors (Lipinski definition) is 3. The molecule has 0 aliphatic heterocycles. The molecule has 0 bridgehead atoms. The number of anilines is 2. The van der Waals surface area contributed by atoms with Gasteiger partial charge < -0.3 is 15.0 Å². The number of carbonyl (C=O) groups excluding carboxylic acids is 2. The molecule has 0 unspecified atom stereocenters. The Balaban J connectivity index is 1.66. The van der Waals surface area contributed by atoms with Crippen molar-refractivity contribution in [3.63, 3.8) is 0 Å². The zero-order valence-electron chi connectivity index (χ0n) is 14.7. The molecular formula is C20H20N4O2. The van der Waals surface area contributed by atoms with E-state index in [1.54, 1.807) is 0 Å². The third kappa shape index (κ3) is 3.31. The Labute approximate surface area is 151 Å². The van der Waals surface area contributed by atoms with Crippen LogP contribution in [0.1, 0.15) is 25.3 Å². The monoisotopic (exact) mass is 348 g/mol. The Morgan fingerprint density at radius 3 is 2.65 bits per heavy atom. The van der Waals surface area contributed by atoms with Gasteiger partial charge in [-0.05, 0) is 60.7 Å². The fourth-order valence-corrected chi connectivity index (χ4v) is 3.00. The van der Waals surface area contributed by atoms with Crippen molar-refractivity contribution in [3.8, 4) is 11.1 Å².